The van der Waals surface area contributed by atoms with Crippen LogP contribution in [0.25, 0.3) is 0 Å². The van der Waals surface area contributed by atoms with Gasteiger partial charge in [-0.05, 0) is 25.5 Å². The number of hydrogen-bond acceptors (Lipinski definition) is 4. The second-order valence-electron chi connectivity index (χ2n) is 5.58. The van der Waals surface area contributed by atoms with Gasteiger partial charge in [-0.2, -0.15) is 0 Å². The molecule has 20 heavy (non-hydrogen) atoms. The Hall–Kier alpha value is -0.130. The fourth-order valence-corrected chi connectivity index (χ4v) is 2.50. The highest BCUT2D eigenvalue weighted by Gasteiger charge is 2.35. The third kappa shape index (κ3) is 6.10. The predicted octanol–water partition coefficient (Wildman–Crippen LogP) is 1.77. The van der Waals surface area contributed by atoms with Crippen LogP contribution in [0.4, 0.5) is 0 Å². The van der Waals surface area contributed by atoms with Crippen LogP contribution in [0.3, 0.4) is 0 Å². The maximum atomic E-state index is 9.88. The first-order chi connectivity index (χ1) is 9.07. The van der Waals surface area contributed by atoms with E-state index >= 15 is 0 Å². The zero-order chi connectivity index (χ0) is 14.3. The van der Waals surface area contributed by atoms with Gasteiger partial charge in [0.05, 0.1) is 6.04 Å². The maximum Gasteiger partial charge on any atom is 0.111 e. The summed E-state index contributed by atoms with van der Waals surface area (Å²) in [5, 5.41) is 32.5. The molecule has 4 unspecified atom stereocenters. The van der Waals surface area contributed by atoms with Crippen LogP contribution in [-0.2, 0) is 0 Å². The van der Waals surface area contributed by atoms with Crippen molar-refractivity contribution in [3.63, 3.8) is 0 Å². The Labute approximate surface area is 128 Å². The van der Waals surface area contributed by atoms with Crippen LogP contribution in [0, 0.1) is 0 Å². The lowest BCUT2D eigenvalue weighted by atomic mass is 9.89. The Morgan fingerprint density at radius 3 is 2.25 bits per heavy atom. The van der Waals surface area contributed by atoms with Gasteiger partial charge in [0.25, 0.3) is 0 Å². The van der Waals surface area contributed by atoms with Crippen LogP contribution in [-0.4, -0.2) is 46.2 Å². The number of aliphatic hydroxyl groups is 3. The number of halogens is 1. The zero-order valence-electron chi connectivity index (χ0n) is 12.6. The molecule has 0 radical (unpaired) electrons. The molecule has 0 aromatic heterocycles. The van der Waals surface area contributed by atoms with E-state index in [2.05, 4.69) is 12.2 Å². The van der Waals surface area contributed by atoms with Crippen LogP contribution < -0.4 is 5.32 Å². The normalized spacial score (nSPS) is 29.8. The molecule has 0 aromatic carbocycles. The number of hydrogen-bond donors (Lipinski definition) is 4. The number of unbranched alkanes of at least 4 members (excludes halogenated alkanes) is 5. The average molecular weight is 308 g/mol. The minimum atomic E-state index is -1.09. The van der Waals surface area contributed by atoms with E-state index in [-0.39, 0.29) is 18.4 Å². The molecule has 0 bridgehead atoms. The van der Waals surface area contributed by atoms with Crippen molar-refractivity contribution in [1.29, 1.82) is 0 Å². The summed E-state index contributed by atoms with van der Waals surface area (Å²) >= 11 is 0. The predicted molar refractivity (Wildman–Crippen MR) is 84.2 cm³/mol. The van der Waals surface area contributed by atoms with E-state index in [1.807, 2.05) is 6.08 Å². The second kappa shape index (κ2) is 10.6. The first-order valence-electron chi connectivity index (χ1n) is 7.53. The summed E-state index contributed by atoms with van der Waals surface area (Å²) < 4.78 is 0. The van der Waals surface area contributed by atoms with Crippen LogP contribution in [0.5, 0.6) is 0 Å². The summed E-state index contributed by atoms with van der Waals surface area (Å²) in [7, 11) is 0. The van der Waals surface area contributed by atoms with E-state index in [9.17, 15) is 15.3 Å². The van der Waals surface area contributed by atoms with Crippen molar-refractivity contribution < 1.29 is 15.3 Å². The molecule has 0 aliphatic heterocycles. The Kier molecular flexibility index (Phi) is 10.5. The summed E-state index contributed by atoms with van der Waals surface area (Å²) in [6.07, 6.45) is 6.26. The van der Waals surface area contributed by atoms with E-state index < -0.39 is 18.3 Å². The molecule has 4 N–H and O–H groups in total. The Balaban J connectivity index is 0.00000361. The van der Waals surface area contributed by atoms with Gasteiger partial charge in [-0.15, -0.1) is 12.4 Å². The third-order valence-electron chi connectivity index (χ3n) is 3.86. The highest BCUT2D eigenvalue weighted by atomic mass is 35.5. The highest BCUT2D eigenvalue weighted by Crippen LogP contribution is 2.19. The molecule has 0 saturated carbocycles. The molecule has 5 heteroatoms. The van der Waals surface area contributed by atoms with E-state index in [1.54, 1.807) is 6.92 Å². The first kappa shape index (κ1) is 19.9. The summed E-state index contributed by atoms with van der Waals surface area (Å²) in [5.41, 5.74) is 0.721. The van der Waals surface area contributed by atoms with Crippen LogP contribution in [0.1, 0.15) is 52.4 Å². The quantitative estimate of drug-likeness (QED) is 0.407. The topological polar surface area (TPSA) is 72.7 Å². The standard InChI is InChI=1S/C15H29NO3.ClH/c1-3-4-5-6-7-8-9-16-12-10-11(2)13(17)15(19)14(12)18;/h10,12-19H,3-9H2,1-2H3;1H. The van der Waals surface area contributed by atoms with Crippen LogP contribution >= 0.6 is 12.4 Å². The molecule has 0 heterocycles. The molecule has 1 rings (SSSR count). The van der Waals surface area contributed by atoms with Gasteiger partial charge in [-0.1, -0.05) is 45.1 Å². The fourth-order valence-electron chi connectivity index (χ4n) is 2.50. The van der Waals surface area contributed by atoms with Crippen molar-refractivity contribution in [2.75, 3.05) is 6.54 Å². The molecule has 1 aliphatic rings. The number of aliphatic hydroxyl groups excluding tert-OH is 3. The number of rotatable bonds is 8. The summed E-state index contributed by atoms with van der Waals surface area (Å²) in [4.78, 5) is 0. The van der Waals surface area contributed by atoms with E-state index in [4.69, 9.17) is 0 Å². The highest BCUT2D eigenvalue weighted by molar-refractivity contribution is 5.85. The van der Waals surface area contributed by atoms with Crippen molar-refractivity contribution in [3.8, 4) is 0 Å². The van der Waals surface area contributed by atoms with Crippen molar-refractivity contribution in [2.24, 2.45) is 0 Å². The van der Waals surface area contributed by atoms with Crippen LogP contribution in [0.2, 0.25) is 0 Å². The minimum Gasteiger partial charge on any atom is -0.388 e. The summed E-state index contributed by atoms with van der Waals surface area (Å²) in [5.74, 6) is 0. The molecule has 4 nitrogen and oxygen atoms in total. The van der Waals surface area contributed by atoms with E-state index in [0.29, 0.717) is 0 Å². The minimum absolute atomic E-state index is 0. The molecule has 0 saturated heterocycles. The van der Waals surface area contributed by atoms with Crippen LogP contribution in [0.15, 0.2) is 11.6 Å². The van der Waals surface area contributed by atoms with Crippen molar-refractivity contribution in [2.45, 2.75) is 76.7 Å². The maximum absolute atomic E-state index is 9.88. The molecule has 0 fully saturated rings. The van der Waals surface area contributed by atoms with Gasteiger partial charge in [0.2, 0.25) is 0 Å². The van der Waals surface area contributed by atoms with Gasteiger partial charge in [0.15, 0.2) is 0 Å². The second-order valence-corrected chi connectivity index (χ2v) is 5.58. The molecular formula is C15H30ClNO3. The molecule has 0 amide bonds. The van der Waals surface area contributed by atoms with Gasteiger partial charge >= 0.3 is 0 Å². The summed E-state index contributed by atoms with van der Waals surface area (Å²) in [6.45, 7) is 4.82. The van der Waals surface area contributed by atoms with Crippen molar-refractivity contribution in [3.05, 3.63) is 11.6 Å². The first-order valence-corrected chi connectivity index (χ1v) is 7.53. The Morgan fingerprint density at radius 2 is 1.60 bits per heavy atom. The number of nitrogens with one attached hydrogen (secondary N) is 1. The smallest absolute Gasteiger partial charge is 0.111 e. The fraction of sp³-hybridized carbons (Fsp3) is 0.867. The van der Waals surface area contributed by atoms with Gasteiger partial charge in [-0.25, -0.2) is 0 Å². The van der Waals surface area contributed by atoms with Gasteiger partial charge in [0.1, 0.15) is 18.3 Å². The van der Waals surface area contributed by atoms with Gasteiger partial charge in [0, 0.05) is 0 Å². The van der Waals surface area contributed by atoms with Crippen molar-refractivity contribution in [1.82, 2.24) is 5.32 Å². The SMILES string of the molecule is CCCCCCCCNC1C=C(C)C(O)C(O)C1O.Cl. The molecular weight excluding hydrogens is 278 g/mol. The van der Waals surface area contributed by atoms with E-state index in [1.165, 1.54) is 32.1 Å². The van der Waals surface area contributed by atoms with E-state index in [0.717, 1.165) is 18.5 Å². The zero-order valence-corrected chi connectivity index (χ0v) is 13.4. The lowest BCUT2D eigenvalue weighted by molar-refractivity contribution is -0.0611. The van der Waals surface area contributed by atoms with Gasteiger partial charge < -0.3 is 20.6 Å². The molecule has 4 atom stereocenters. The van der Waals surface area contributed by atoms with Crippen molar-refractivity contribution >= 4 is 12.4 Å². The molecule has 120 valence electrons. The Bertz CT molecular complexity index is 286. The van der Waals surface area contributed by atoms with Gasteiger partial charge in [-0.3, -0.25) is 0 Å². The Morgan fingerprint density at radius 1 is 1.00 bits per heavy atom. The largest absolute Gasteiger partial charge is 0.388 e. The third-order valence-corrected chi connectivity index (χ3v) is 3.86. The monoisotopic (exact) mass is 307 g/mol. The molecule has 0 spiro atoms. The molecule has 0 aromatic rings. The molecule has 1 aliphatic carbocycles. The summed E-state index contributed by atoms with van der Waals surface area (Å²) in [6, 6.07) is -0.256. The lowest BCUT2D eigenvalue weighted by Gasteiger charge is -2.34. The lowest BCUT2D eigenvalue weighted by Crippen LogP contribution is -2.53. The average Bonchev–Trinajstić information content (AvgIpc) is 2.41.